The number of ketones is 1. The summed E-state index contributed by atoms with van der Waals surface area (Å²) in [4.78, 5) is 13.3. The number of nitrogens with zero attached hydrogens (tertiary/aromatic N) is 4. The fourth-order valence-electron chi connectivity index (χ4n) is 2.79. The summed E-state index contributed by atoms with van der Waals surface area (Å²) in [5.41, 5.74) is 1.61. The number of benzene rings is 2. The fourth-order valence-corrected chi connectivity index (χ4v) is 2.79. The highest BCUT2D eigenvalue weighted by Crippen LogP contribution is 2.31. The van der Waals surface area contributed by atoms with E-state index in [1.54, 1.807) is 38.2 Å². The molecule has 0 atom stereocenters. The number of hydrogen-bond donors (Lipinski definition) is 0. The molecule has 0 aliphatic heterocycles. The van der Waals surface area contributed by atoms with Gasteiger partial charge in [0.05, 0.1) is 12.6 Å². The molecule has 1 heterocycles. The maximum absolute atomic E-state index is 13.0. The first-order chi connectivity index (χ1) is 12.8. The molecular formula is C19H17F3N4O. The van der Waals surface area contributed by atoms with Crippen LogP contribution in [0.25, 0.3) is 11.4 Å². The lowest BCUT2D eigenvalue weighted by Gasteiger charge is -2.11. The van der Waals surface area contributed by atoms with E-state index >= 15 is 0 Å². The van der Waals surface area contributed by atoms with Crippen LogP contribution in [-0.4, -0.2) is 26.0 Å². The Labute approximate surface area is 153 Å². The van der Waals surface area contributed by atoms with Gasteiger partial charge in [-0.05, 0) is 34.9 Å². The first-order valence-corrected chi connectivity index (χ1v) is 8.34. The maximum atomic E-state index is 13.0. The van der Waals surface area contributed by atoms with Gasteiger partial charge in [0.25, 0.3) is 0 Å². The van der Waals surface area contributed by atoms with Crippen LogP contribution in [0.3, 0.4) is 0 Å². The van der Waals surface area contributed by atoms with E-state index in [0.717, 1.165) is 17.7 Å². The molecular weight excluding hydrogens is 357 g/mol. The molecule has 1 aromatic heterocycles. The first-order valence-electron chi connectivity index (χ1n) is 8.34. The standard InChI is InChI=1S/C19H17F3N4O/c1-3-17(27)14-8-7-13(16(11-14)18-23-25-26(2)24-18)9-12-5-4-6-15(10-12)19(20,21)22/h4-8,10-11H,3,9H2,1-2H3. The summed E-state index contributed by atoms with van der Waals surface area (Å²) >= 11 is 0. The van der Waals surface area contributed by atoms with Crippen molar-refractivity contribution in [1.29, 1.82) is 0 Å². The molecule has 0 fully saturated rings. The Bertz CT molecular complexity index is 979. The number of carbonyl (C=O) groups excluding carboxylic acids is 1. The van der Waals surface area contributed by atoms with Gasteiger partial charge in [-0.15, -0.1) is 10.2 Å². The van der Waals surface area contributed by atoms with E-state index in [1.165, 1.54) is 10.9 Å². The molecule has 0 aliphatic carbocycles. The smallest absolute Gasteiger partial charge is 0.294 e. The molecule has 27 heavy (non-hydrogen) atoms. The molecule has 0 saturated heterocycles. The van der Waals surface area contributed by atoms with Gasteiger partial charge in [-0.25, -0.2) is 0 Å². The molecule has 3 aromatic rings. The Hall–Kier alpha value is -3.03. The number of aryl methyl sites for hydroxylation is 1. The molecule has 5 nitrogen and oxygen atoms in total. The monoisotopic (exact) mass is 374 g/mol. The van der Waals surface area contributed by atoms with E-state index < -0.39 is 11.7 Å². The fraction of sp³-hybridized carbons (Fsp3) is 0.263. The molecule has 3 rings (SSSR count). The van der Waals surface area contributed by atoms with Crippen LogP contribution in [0.4, 0.5) is 13.2 Å². The minimum absolute atomic E-state index is 0.0363. The predicted molar refractivity (Wildman–Crippen MR) is 93.1 cm³/mol. The molecule has 2 aromatic carbocycles. The Kier molecular flexibility index (Phi) is 5.07. The van der Waals surface area contributed by atoms with Crippen LogP contribution in [0.5, 0.6) is 0 Å². The molecule has 0 amide bonds. The summed E-state index contributed by atoms with van der Waals surface area (Å²) < 4.78 is 38.9. The second-order valence-corrected chi connectivity index (χ2v) is 6.13. The van der Waals surface area contributed by atoms with Gasteiger partial charge in [-0.1, -0.05) is 37.3 Å². The Balaban J connectivity index is 2.03. The zero-order chi connectivity index (χ0) is 19.6. The average Bonchev–Trinajstić information content (AvgIpc) is 3.07. The lowest BCUT2D eigenvalue weighted by molar-refractivity contribution is -0.137. The van der Waals surface area contributed by atoms with Gasteiger partial charge in [-0.2, -0.15) is 18.0 Å². The van der Waals surface area contributed by atoms with Crippen molar-refractivity contribution >= 4 is 5.78 Å². The highest BCUT2D eigenvalue weighted by molar-refractivity contribution is 5.97. The van der Waals surface area contributed by atoms with E-state index in [9.17, 15) is 18.0 Å². The van der Waals surface area contributed by atoms with Crippen molar-refractivity contribution < 1.29 is 18.0 Å². The van der Waals surface area contributed by atoms with E-state index in [1.807, 2.05) is 0 Å². The second-order valence-electron chi connectivity index (χ2n) is 6.13. The molecule has 0 spiro atoms. The minimum Gasteiger partial charge on any atom is -0.294 e. The Morgan fingerprint density at radius 2 is 1.93 bits per heavy atom. The van der Waals surface area contributed by atoms with E-state index in [2.05, 4.69) is 15.4 Å². The molecule has 0 aliphatic rings. The van der Waals surface area contributed by atoms with Crippen LogP contribution >= 0.6 is 0 Å². The van der Waals surface area contributed by atoms with E-state index in [4.69, 9.17) is 0 Å². The van der Waals surface area contributed by atoms with Crippen molar-refractivity contribution in [2.24, 2.45) is 7.05 Å². The first kappa shape index (κ1) is 18.8. The second kappa shape index (κ2) is 7.30. The highest BCUT2D eigenvalue weighted by Gasteiger charge is 2.30. The number of halogens is 3. The van der Waals surface area contributed by atoms with Gasteiger partial charge < -0.3 is 0 Å². The third-order valence-corrected chi connectivity index (χ3v) is 4.15. The van der Waals surface area contributed by atoms with Crippen LogP contribution in [0, 0.1) is 0 Å². The third-order valence-electron chi connectivity index (χ3n) is 4.15. The lowest BCUT2D eigenvalue weighted by Crippen LogP contribution is -2.06. The number of carbonyl (C=O) groups is 1. The van der Waals surface area contributed by atoms with Gasteiger partial charge >= 0.3 is 6.18 Å². The SMILES string of the molecule is CCC(=O)c1ccc(Cc2cccc(C(F)(F)F)c2)c(-c2nnn(C)n2)c1. The van der Waals surface area contributed by atoms with Crippen LogP contribution < -0.4 is 0 Å². The van der Waals surface area contributed by atoms with Crippen LogP contribution in [0.2, 0.25) is 0 Å². The normalized spacial score (nSPS) is 11.6. The Morgan fingerprint density at radius 3 is 2.56 bits per heavy atom. The van der Waals surface area contributed by atoms with Gasteiger partial charge in [-0.3, -0.25) is 4.79 Å². The van der Waals surface area contributed by atoms with Crippen molar-refractivity contribution in [3.63, 3.8) is 0 Å². The predicted octanol–water partition coefficient (Wildman–Crippen LogP) is 4.08. The summed E-state index contributed by atoms with van der Waals surface area (Å²) in [6.07, 6.45) is -3.80. The highest BCUT2D eigenvalue weighted by atomic mass is 19.4. The Morgan fingerprint density at radius 1 is 1.15 bits per heavy atom. The van der Waals surface area contributed by atoms with Crippen LogP contribution in [0.1, 0.15) is 40.4 Å². The zero-order valence-corrected chi connectivity index (χ0v) is 14.8. The van der Waals surface area contributed by atoms with Gasteiger partial charge in [0.15, 0.2) is 5.78 Å². The number of aromatic nitrogens is 4. The quantitative estimate of drug-likeness (QED) is 0.632. The summed E-state index contributed by atoms with van der Waals surface area (Å²) in [5.74, 6) is 0.288. The molecule has 0 N–H and O–H groups in total. The molecule has 0 bridgehead atoms. The topological polar surface area (TPSA) is 60.7 Å². The number of hydrogen-bond acceptors (Lipinski definition) is 4. The van der Waals surface area contributed by atoms with Crippen LogP contribution in [-0.2, 0) is 19.6 Å². The molecule has 8 heteroatoms. The summed E-state index contributed by atoms with van der Waals surface area (Å²) in [5, 5.41) is 12.0. The lowest BCUT2D eigenvalue weighted by atomic mass is 9.95. The number of alkyl halides is 3. The summed E-state index contributed by atoms with van der Waals surface area (Å²) in [6, 6.07) is 10.3. The van der Waals surface area contributed by atoms with E-state index in [-0.39, 0.29) is 12.2 Å². The van der Waals surface area contributed by atoms with Gasteiger partial charge in [0, 0.05) is 17.5 Å². The van der Waals surface area contributed by atoms with Crippen molar-refractivity contribution in [2.75, 3.05) is 0 Å². The molecule has 140 valence electrons. The number of rotatable bonds is 5. The molecule has 0 unspecified atom stereocenters. The van der Waals surface area contributed by atoms with Crippen LogP contribution in [0.15, 0.2) is 42.5 Å². The third kappa shape index (κ3) is 4.21. The van der Waals surface area contributed by atoms with Crippen molar-refractivity contribution in [3.8, 4) is 11.4 Å². The van der Waals surface area contributed by atoms with Crippen molar-refractivity contribution in [2.45, 2.75) is 25.9 Å². The summed E-state index contributed by atoms with van der Waals surface area (Å²) in [7, 11) is 1.62. The van der Waals surface area contributed by atoms with Crippen molar-refractivity contribution in [3.05, 3.63) is 64.7 Å². The minimum atomic E-state index is -4.40. The van der Waals surface area contributed by atoms with Gasteiger partial charge in [0.2, 0.25) is 5.82 Å². The maximum Gasteiger partial charge on any atom is 0.416 e. The average molecular weight is 374 g/mol. The van der Waals surface area contributed by atoms with Crippen molar-refractivity contribution in [1.82, 2.24) is 20.2 Å². The summed E-state index contributed by atoms with van der Waals surface area (Å²) in [6.45, 7) is 1.76. The van der Waals surface area contributed by atoms with E-state index in [0.29, 0.717) is 28.9 Å². The number of tetrazole rings is 1. The van der Waals surface area contributed by atoms with Gasteiger partial charge in [0.1, 0.15) is 0 Å². The number of Topliss-reactive ketones (excluding diaryl/α,β-unsaturated/α-hetero) is 1. The molecule has 0 radical (unpaired) electrons. The zero-order valence-electron chi connectivity index (χ0n) is 14.8. The molecule has 0 saturated carbocycles. The largest absolute Gasteiger partial charge is 0.416 e.